The Kier molecular flexibility index (Phi) is 7.93. The number of carbonyl (C=O) groups excluding carboxylic acids is 4. The number of nitrogens with zero attached hydrogens (tertiary/aromatic N) is 1. The van der Waals surface area contributed by atoms with Crippen LogP contribution in [-0.4, -0.2) is 66.5 Å². The standard InChI is InChI=1S/C17H20ClN3O5S/c1-27-9-6-13(20-15(23)11-4-2-3-5-12(11)18)16(24)26-10-14(22)21-8-7-19-17(21)25/h2-5,13H,6-10H2,1H3,(H,19,25)(H,20,23)/t13-/m1/s1. The number of benzene rings is 1. The number of urea groups is 1. The predicted molar refractivity (Wildman–Crippen MR) is 102 cm³/mol. The van der Waals surface area contributed by atoms with E-state index >= 15 is 0 Å². The molecule has 146 valence electrons. The van der Waals surface area contributed by atoms with E-state index in [1.54, 1.807) is 24.3 Å². The highest BCUT2D eigenvalue weighted by Crippen LogP contribution is 2.15. The molecule has 1 aliphatic heterocycles. The molecule has 8 nitrogen and oxygen atoms in total. The van der Waals surface area contributed by atoms with Crippen LogP contribution in [0.25, 0.3) is 0 Å². The molecule has 1 heterocycles. The lowest BCUT2D eigenvalue weighted by Crippen LogP contribution is -2.44. The number of hydrogen-bond donors (Lipinski definition) is 2. The normalized spacial score (nSPS) is 14.4. The summed E-state index contributed by atoms with van der Waals surface area (Å²) in [5, 5.41) is 5.35. The van der Waals surface area contributed by atoms with Crippen LogP contribution in [0.3, 0.4) is 0 Å². The summed E-state index contributed by atoms with van der Waals surface area (Å²) in [5.41, 5.74) is 0.242. The smallest absolute Gasteiger partial charge is 0.329 e. The zero-order valence-corrected chi connectivity index (χ0v) is 16.3. The minimum Gasteiger partial charge on any atom is -0.454 e. The fourth-order valence-corrected chi connectivity index (χ4v) is 3.08. The fraction of sp³-hybridized carbons (Fsp3) is 0.412. The van der Waals surface area contributed by atoms with Gasteiger partial charge in [0.1, 0.15) is 6.04 Å². The Morgan fingerprint density at radius 2 is 2.11 bits per heavy atom. The van der Waals surface area contributed by atoms with Crippen molar-refractivity contribution in [1.29, 1.82) is 0 Å². The second-order valence-electron chi connectivity index (χ2n) is 5.67. The third-order valence-electron chi connectivity index (χ3n) is 3.81. The summed E-state index contributed by atoms with van der Waals surface area (Å²) in [4.78, 5) is 49.1. The van der Waals surface area contributed by atoms with Gasteiger partial charge in [0.2, 0.25) is 0 Å². The number of imide groups is 1. The van der Waals surface area contributed by atoms with E-state index in [-0.39, 0.29) is 17.1 Å². The quantitative estimate of drug-likeness (QED) is 0.622. The van der Waals surface area contributed by atoms with Crippen LogP contribution >= 0.6 is 23.4 Å². The highest BCUT2D eigenvalue weighted by molar-refractivity contribution is 7.98. The Labute approximate surface area is 165 Å². The van der Waals surface area contributed by atoms with Gasteiger partial charge in [-0.3, -0.25) is 14.5 Å². The third kappa shape index (κ3) is 5.86. The number of ether oxygens (including phenoxy) is 1. The summed E-state index contributed by atoms with van der Waals surface area (Å²) in [5.74, 6) is -1.25. The molecule has 0 spiro atoms. The van der Waals surface area contributed by atoms with Gasteiger partial charge >= 0.3 is 12.0 Å². The van der Waals surface area contributed by atoms with Crippen LogP contribution in [0.2, 0.25) is 5.02 Å². The van der Waals surface area contributed by atoms with E-state index in [2.05, 4.69) is 10.6 Å². The Morgan fingerprint density at radius 1 is 1.37 bits per heavy atom. The lowest BCUT2D eigenvalue weighted by molar-refractivity contribution is -0.152. The van der Waals surface area contributed by atoms with Crippen molar-refractivity contribution in [1.82, 2.24) is 15.5 Å². The highest BCUT2D eigenvalue weighted by Gasteiger charge is 2.29. The lowest BCUT2D eigenvalue weighted by atomic mass is 10.1. The molecule has 0 radical (unpaired) electrons. The number of carbonyl (C=O) groups is 4. The van der Waals surface area contributed by atoms with Crippen molar-refractivity contribution < 1.29 is 23.9 Å². The first kappa shape index (κ1) is 21.0. The summed E-state index contributed by atoms with van der Waals surface area (Å²) in [6.45, 7) is 0.0289. The van der Waals surface area contributed by atoms with Gasteiger partial charge in [-0.2, -0.15) is 11.8 Å². The first-order valence-corrected chi connectivity index (χ1v) is 10.0. The number of nitrogens with one attached hydrogen (secondary N) is 2. The van der Waals surface area contributed by atoms with Gasteiger partial charge in [0, 0.05) is 13.1 Å². The van der Waals surface area contributed by atoms with Gasteiger partial charge in [0.15, 0.2) is 6.61 Å². The first-order chi connectivity index (χ1) is 12.9. The molecule has 1 fully saturated rings. The number of halogens is 1. The maximum atomic E-state index is 12.4. The summed E-state index contributed by atoms with van der Waals surface area (Å²) in [6.07, 6.45) is 2.20. The lowest BCUT2D eigenvalue weighted by Gasteiger charge is -2.18. The van der Waals surface area contributed by atoms with E-state index in [1.807, 2.05) is 6.26 Å². The molecule has 27 heavy (non-hydrogen) atoms. The van der Waals surface area contributed by atoms with Gasteiger partial charge in [-0.15, -0.1) is 0 Å². The number of esters is 1. The average molecular weight is 414 g/mol. The van der Waals surface area contributed by atoms with Crippen molar-refractivity contribution in [3.63, 3.8) is 0 Å². The van der Waals surface area contributed by atoms with E-state index in [9.17, 15) is 19.2 Å². The maximum absolute atomic E-state index is 12.4. The van der Waals surface area contributed by atoms with Crippen LogP contribution in [0.4, 0.5) is 4.79 Å². The number of amides is 4. The molecule has 0 saturated carbocycles. The van der Waals surface area contributed by atoms with Crippen molar-refractivity contribution in [2.75, 3.05) is 31.7 Å². The minimum absolute atomic E-state index is 0.231. The van der Waals surface area contributed by atoms with Crippen molar-refractivity contribution >= 4 is 47.2 Å². The van der Waals surface area contributed by atoms with Crippen molar-refractivity contribution in [3.05, 3.63) is 34.9 Å². The SMILES string of the molecule is CSCC[C@@H](NC(=O)c1ccccc1Cl)C(=O)OCC(=O)N1CCNC1=O. The topological polar surface area (TPSA) is 105 Å². The molecular weight excluding hydrogens is 394 g/mol. The molecule has 10 heteroatoms. The molecule has 0 aliphatic carbocycles. The number of rotatable bonds is 8. The van der Waals surface area contributed by atoms with E-state index in [0.717, 1.165) is 4.90 Å². The molecule has 1 saturated heterocycles. The van der Waals surface area contributed by atoms with Gasteiger partial charge in [-0.25, -0.2) is 9.59 Å². The summed E-state index contributed by atoms with van der Waals surface area (Å²) >= 11 is 7.51. The molecule has 0 bridgehead atoms. The summed E-state index contributed by atoms with van der Waals surface area (Å²) in [7, 11) is 0. The molecule has 0 aromatic heterocycles. The highest BCUT2D eigenvalue weighted by atomic mass is 35.5. The second-order valence-corrected chi connectivity index (χ2v) is 7.07. The van der Waals surface area contributed by atoms with Crippen LogP contribution in [0.1, 0.15) is 16.8 Å². The molecular formula is C17H20ClN3O5S. The second kappa shape index (κ2) is 10.2. The molecule has 4 amide bonds. The van der Waals surface area contributed by atoms with Crippen LogP contribution in [0.5, 0.6) is 0 Å². The molecule has 1 aliphatic rings. The molecule has 1 aromatic carbocycles. The zero-order chi connectivity index (χ0) is 19.8. The van der Waals surface area contributed by atoms with Crippen LogP contribution in [0.15, 0.2) is 24.3 Å². The summed E-state index contributed by atoms with van der Waals surface area (Å²) in [6, 6.07) is 5.03. The van der Waals surface area contributed by atoms with E-state index in [0.29, 0.717) is 18.7 Å². The minimum atomic E-state index is -0.929. The van der Waals surface area contributed by atoms with Crippen molar-refractivity contribution in [2.45, 2.75) is 12.5 Å². The van der Waals surface area contributed by atoms with Crippen LogP contribution in [-0.2, 0) is 14.3 Å². The van der Waals surface area contributed by atoms with Crippen LogP contribution < -0.4 is 10.6 Å². The van der Waals surface area contributed by atoms with Crippen molar-refractivity contribution in [3.8, 4) is 0 Å². The summed E-state index contributed by atoms with van der Waals surface area (Å²) < 4.78 is 5.02. The van der Waals surface area contributed by atoms with Gasteiger partial charge in [-0.1, -0.05) is 23.7 Å². The molecule has 2 rings (SSSR count). The van der Waals surface area contributed by atoms with Gasteiger partial charge in [0.25, 0.3) is 11.8 Å². The molecule has 0 unspecified atom stereocenters. The molecule has 1 aromatic rings. The average Bonchev–Trinajstić information content (AvgIpc) is 3.09. The van der Waals surface area contributed by atoms with E-state index in [1.165, 1.54) is 11.8 Å². The Hall–Kier alpha value is -2.26. The molecule has 2 N–H and O–H groups in total. The van der Waals surface area contributed by atoms with Gasteiger partial charge in [0.05, 0.1) is 10.6 Å². The van der Waals surface area contributed by atoms with Crippen molar-refractivity contribution in [2.24, 2.45) is 0 Å². The fourth-order valence-electron chi connectivity index (χ4n) is 2.39. The van der Waals surface area contributed by atoms with E-state index < -0.39 is 36.5 Å². The van der Waals surface area contributed by atoms with E-state index in [4.69, 9.17) is 16.3 Å². The monoisotopic (exact) mass is 413 g/mol. The zero-order valence-electron chi connectivity index (χ0n) is 14.7. The number of thioether (sulfide) groups is 1. The molecule has 1 atom stereocenters. The van der Waals surface area contributed by atoms with Crippen LogP contribution in [0, 0.1) is 0 Å². The van der Waals surface area contributed by atoms with Gasteiger partial charge < -0.3 is 15.4 Å². The third-order valence-corrected chi connectivity index (χ3v) is 4.79. The van der Waals surface area contributed by atoms with Gasteiger partial charge in [-0.05, 0) is 30.6 Å². The Morgan fingerprint density at radius 3 is 2.74 bits per heavy atom. The Balaban J connectivity index is 1.96. The number of hydrogen-bond acceptors (Lipinski definition) is 6. The largest absolute Gasteiger partial charge is 0.454 e. The predicted octanol–water partition coefficient (Wildman–Crippen LogP) is 1.29. The Bertz CT molecular complexity index is 730. The maximum Gasteiger partial charge on any atom is 0.329 e. The first-order valence-electron chi connectivity index (χ1n) is 8.23.